The Kier molecular flexibility index (Phi) is 3.85. The molecule has 3 nitrogen and oxygen atoms in total. The molecule has 0 aromatic heterocycles. The van der Waals surface area contributed by atoms with E-state index in [1.54, 1.807) is 0 Å². The molecule has 0 saturated heterocycles. The predicted octanol–water partition coefficient (Wildman–Crippen LogP) is 2.87. The van der Waals surface area contributed by atoms with E-state index >= 15 is 0 Å². The Hall–Kier alpha value is -0.440. The molecule has 0 bridgehead atoms. The van der Waals surface area contributed by atoms with Crippen molar-refractivity contribution in [1.29, 1.82) is 0 Å². The fraction of sp³-hybridized carbons (Fsp3) is 0.889. The maximum atomic E-state index is 10.2. The average Bonchev–Trinajstić information content (AvgIpc) is 2.16. The summed E-state index contributed by atoms with van der Waals surface area (Å²) in [7, 11) is 0. The first-order chi connectivity index (χ1) is 6.18. The summed E-state index contributed by atoms with van der Waals surface area (Å²) in [6, 6.07) is 0. The third kappa shape index (κ3) is 3.07. The second-order valence-electron chi connectivity index (χ2n) is 3.75. The zero-order valence-electron chi connectivity index (χ0n) is 7.59. The van der Waals surface area contributed by atoms with Gasteiger partial charge in [0.15, 0.2) is 0 Å². The van der Waals surface area contributed by atoms with Crippen LogP contribution in [0.2, 0.25) is 0 Å². The van der Waals surface area contributed by atoms with Crippen LogP contribution in [0.5, 0.6) is 0 Å². The van der Waals surface area contributed by atoms with Crippen molar-refractivity contribution in [2.45, 2.75) is 32.1 Å². The standard InChI is InChI=1S/C9H15ClO3/c10-6-9(7-13-8(11)12)4-2-1-3-5-9/h1-7H2,(H,11,12). The number of alkyl halides is 1. The van der Waals surface area contributed by atoms with Crippen LogP contribution in [0.4, 0.5) is 4.79 Å². The second-order valence-corrected chi connectivity index (χ2v) is 4.02. The van der Waals surface area contributed by atoms with Crippen LogP contribution in [-0.4, -0.2) is 23.7 Å². The molecule has 76 valence electrons. The molecular formula is C9H15ClO3. The summed E-state index contributed by atoms with van der Waals surface area (Å²) < 4.78 is 4.61. The first-order valence-corrected chi connectivity index (χ1v) is 5.14. The zero-order valence-corrected chi connectivity index (χ0v) is 8.35. The molecule has 0 heterocycles. The van der Waals surface area contributed by atoms with Crippen molar-refractivity contribution in [3.8, 4) is 0 Å². The first-order valence-electron chi connectivity index (χ1n) is 4.60. The number of hydrogen-bond acceptors (Lipinski definition) is 2. The van der Waals surface area contributed by atoms with Crippen LogP contribution < -0.4 is 0 Å². The van der Waals surface area contributed by atoms with Crippen LogP contribution in [0.15, 0.2) is 0 Å². The number of ether oxygens (including phenoxy) is 1. The van der Waals surface area contributed by atoms with E-state index in [1.807, 2.05) is 0 Å². The highest BCUT2D eigenvalue weighted by atomic mass is 35.5. The summed E-state index contributed by atoms with van der Waals surface area (Å²) >= 11 is 5.85. The summed E-state index contributed by atoms with van der Waals surface area (Å²) in [4.78, 5) is 10.2. The topological polar surface area (TPSA) is 46.5 Å². The second kappa shape index (κ2) is 4.70. The highest BCUT2D eigenvalue weighted by Gasteiger charge is 2.32. The van der Waals surface area contributed by atoms with Crippen molar-refractivity contribution < 1.29 is 14.6 Å². The largest absolute Gasteiger partial charge is 0.505 e. The van der Waals surface area contributed by atoms with Gasteiger partial charge in [-0.1, -0.05) is 19.3 Å². The molecule has 0 spiro atoms. The van der Waals surface area contributed by atoms with E-state index in [0.717, 1.165) is 25.7 Å². The lowest BCUT2D eigenvalue weighted by Crippen LogP contribution is -2.32. The van der Waals surface area contributed by atoms with Gasteiger partial charge in [0.25, 0.3) is 0 Å². The van der Waals surface area contributed by atoms with Gasteiger partial charge in [0, 0.05) is 11.3 Å². The number of carbonyl (C=O) groups is 1. The molecule has 1 aliphatic carbocycles. The lowest BCUT2D eigenvalue weighted by molar-refractivity contribution is 0.0380. The molecule has 1 saturated carbocycles. The molecule has 0 unspecified atom stereocenters. The molecule has 1 aliphatic rings. The smallest absolute Gasteiger partial charge is 0.450 e. The molecule has 0 atom stereocenters. The van der Waals surface area contributed by atoms with Crippen molar-refractivity contribution in [3.63, 3.8) is 0 Å². The van der Waals surface area contributed by atoms with E-state index in [9.17, 15) is 4.79 Å². The van der Waals surface area contributed by atoms with Gasteiger partial charge < -0.3 is 9.84 Å². The highest BCUT2D eigenvalue weighted by Crippen LogP contribution is 2.37. The fourth-order valence-electron chi connectivity index (χ4n) is 1.83. The maximum Gasteiger partial charge on any atom is 0.505 e. The summed E-state index contributed by atoms with van der Waals surface area (Å²) in [5.41, 5.74) is -0.0851. The van der Waals surface area contributed by atoms with E-state index in [-0.39, 0.29) is 12.0 Å². The lowest BCUT2D eigenvalue weighted by Gasteiger charge is -2.34. The number of hydrogen-bond donors (Lipinski definition) is 1. The van der Waals surface area contributed by atoms with Crippen LogP contribution >= 0.6 is 11.6 Å². The zero-order chi connectivity index (χ0) is 9.73. The first kappa shape index (κ1) is 10.6. The molecular weight excluding hydrogens is 192 g/mol. The third-order valence-corrected chi connectivity index (χ3v) is 3.27. The van der Waals surface area contributed by atoms with E-state index in [4.69, 9.17) is 16.7 Å². The Balaban J connectivity index is 2.42. The Labute approximate surface area is 83.0 Å². The minimum Gasteiger partial charge on any atom is -0.450 e. The van der Waals surface area contributed by atoms with Crippen molar-refractivity contribution in [2.75, 3.05) is 12.5 Å². The van der Waals surface area contributed by atoms with Crippen molar-refractivity contribution >= 4 is 17.8 Å². The van der Waals surface area contributed by atoms with Crippen molar-refractivity contribution in [1.82, 2.24) is 0 Å². The lowest BCUT2D eigenvalue weighted by atomic mass is 9.76. The molecule has 1 fully saturated rings. The quantitative estimate of drug-likeness (QED) is 0.571. The molecule has 0 aliphatic heterocycles. The van der Waals surface area contributed by atoms with Gasteiger partial charge in [0.1, 0.15) is 6.61 Å². The molecule has 1 rings (SSSR count). The molecule has 13 heavy (non-hydrogen) atoms. The molecule has 0 aromatic carbocycles. The third-order valence-electron chi connectivity index (χ3n) is 2.70. The number of halogens is 1. The number of rotatable bonds is 3. The molecule has 1 N–H and O–H groups in total. The number of carboxylic acid groups (broad SMARTS) is 1. The molecule has 0 aromatic rings. The van der Waals surface area contributed by atoms with Crippen LogP contribution in [0, 0.1) is 5.41 Å². The summed E-state index contributed by atoms with van der Waals surface area (Å²) in [6.45, 7) is 0.256. The van der Waals surface area contributed by atoms with E-state index in [0.29, 0.717) is 5.88 Å². The minimum absolute atomic E-state index is 0.0851. The van der Waals surface area contributed by atoms with Gasteiger partial charge in [0.05, 0.1) is 0 Å². The van der Waals surface area contributed by atoms with Crippen LogP contribution in [0.1, 0.15) is 32.1 Å². The van der Waals surface area contributed by atoms with Crippen LogP contribution in [0.3, 0.4) is 0 Å². The average molecular weight is 207 g/mol. The van der Waals surface area contributed by atoms with Gasteiger partial charge in [0.2, 0.25) is 0 Å². The Morgan fingerprint density at radius 3 is 2.46 bits per heavy atom. The minimum atomic E-state index is -1.20. The Morgan fingerprint density at radius 1 is 1.38 bits per heavy atom. The van der Waals surface area contributed by atoms with Crippen molar-refractivity contribution in [2.24, 2.45) is 5.41 Å². The Bertz CT molecular complexity index is 176. The van der Waals surface area contributed by atoms with E-state index in [2.05, 4.69) is 4.74 Å². The fourth-order valence-corrected chi connectivity index (χ4v) is 2.18. The van der Waals surface area contributed by atoms with E-state index < -0.39 is 6.16 Å². The molecule has 0 radical (unpaired) electrons. The van der Waals surface area contributed by atoms with Gasteiger partial charge in [-0.2, -0.15) is 0 Å². The Morgan fingerprint density at radius 2 is 2.00 bits per heavy atom. The highest BCUT2D eigenvalue weighted by molar-refractivity contribution is 6.18. The molecule has 0 amide bonds. The normalized spacial score (nSPS) is 21.0. The van der Waals surface area contributed by atoms with Gasteiger partial charge in [-0.05, 0) is 12.8 Å². The molecule has 4 heteroatoms. The SMILES string of the molecule is O=C(O)OCC1(CCl)CCCCC1. The summed E-state index contributed by atoms with van der Waals surface area (Å²) in [6.07, 6.45) is 4.28. The monoisotopic (exact) mass is 206 g/mol. The van der Waals surface area contributed by atoms with Crippen LogP contribution in [0.25, 0.3) is 0 Å². The van der Waals surface area contributed by atoms with Gasteiger partial charge in [-0.15, -0.1) is 11.6 Å². The van der Waals surface area contributed by atoms with E-state index in [1.165, 1.54) is 6.42 Å². The van der Waals surface area contributed by atoms with Gasteiger partial charge in [-0.3, -0.25) is 0 Å². The summed E-state index contributed by atoms with van der Waals surface area (Å²) in [5, 5.41) is 8.39. The van der Waals surface area contributed by atoms with Gasteiger partial charge >= 0.3 is 6.16 Å². The summed E-state index contributed by atoms with van der Waals surface area (Å²) in [5.74, 6) is 0.500. The van der Waals surface area contributed by atoms with Crippen LogP contribution in [-0.2, 0) is 4.74 Å². The van der Waals surface area contributed by atoms with Gasteiger partial charge in [-0.25, -0.2) is 4.79 Å². The van der Waals surface area contributed by atoms with Crippen molar-refractivity contribution in [3.05, 3.63) is 0 Å². The predicted molar refractivity (Wildman–Crippen MR) is 50.2 cm³/mol. The maximum absolute atomic E-state index is 10.2.